The van der Waals surface area contributed by atoms with Gasteiger partial charge in [-0.1, -0.05) is 0 Å². The molecule has 4 nitrogen and oxygen atoms in total. The third-order valence-electron chi connectivity index (χ3n) is 3.88. The maximum absolute atomic E-state index is 10.6. The van der Waals surface area contributed by atoms with E-state index in [4.69, 9.17) is 14.2 Å². The van der Waals surface area contributed by atoms with E-state index in [2.05, 4.69) is 15.9 Å². The van der Waals surface area contributed by atoms with Gasteiger partial charge in [0.05, 0.1) is 23.8 Å². The molecule has 0 aromatic heterocycles. The number of rotatable bonds is 2. The van der Waals surface area contributed by atoms with E-state index in [-0.39, 0.29) is 5.92 Å². The van der Waals surface area contributed by atoms with Crippen LogP contribution in [0.1, 0.15) is 30.9 Å². The van der Waals surface area contributed by atoms with Crippen molar-refractivity contribution in [2.24, 2.45) is 5.92 Å². The second-order valence-corrected chi connectivity index (χ2v) is 6.13. The van der Waals surface area contributed by atoms with Crippen molar-refractivity contribution >= 4 is 15.9 Å². The zero-order valence-electron chi connectivity index (χ0n) is 11.3. The third-order valence-corrected chi connectivity index (χ3v) is 4.47. The highest BCUT2D eigenvalue weighted by Crippen LogP contribution is 2.41. The fourth-order valence-corrected chi connectivity index (χ4v) is 3.30. The number of aliphatic hydroxyl groups is 1. The first-order valence-corrected chi connectivity index (χ1v) is 7.90. The molecule has 0 spiro atoms. The molecule has 1 unspecified atom stereocenters. The second-order valence-electron chi connectivity index (χ2n) is 5.28. The van der Waals surface area contributed by atoms with Crippen LogP contribution in [-0.2, 0) is 4.74 Å². The van der Waals surface area contributed by atoms with Gasteiger partial charge in [-0.05, 0) is 52.4 Å². The lowest BCUT2D eigenvalue weighted by Crippen LogP contribution is -2.22. The molecule has 20 heavy (non-hydrogen) atoms. The summed E-state index contributed by atoms with van der Waals surface area (Å²) in [7, 11) is 0. The van der Waals surface area contributed by atoms with Gasteiger partial charge in [0.25, 0.3) is 0 Å². The lowest BCUT2D eigenvalue weighted by atomic mass is 9.89. The summed E-state index contributed by atoms with van der Waals surface area (Å²) in [6, 6.07) is 3.85. The Morgan fingerprint density at radius 2 is 1.85 bits per heavy atom. The van der Waals surface area contributed by atoms with E-state index >= 15 is 0 Å². The van der Waals surface area contributed by atoms with Gasteiger partial charge < -0.3 is 19.3 Å². The molecule has 3 rings (SSSR count). The molecule has 2 aliphatic heterocycles. The molecule has 1 saturated heterocycles. The summed E-state index contributed by atoms with van der Waals surface area (Å²) in [6.45, 7) is 2.77. The quantitative estimate of drug-likeness (QED) is 0.897. The van der Waals surface area contributed by atoms with Crippen molar-refractivity contribution in [3.05, 3.63) is 22.2 Å². The van der Waals surface area contributed by atoms with Gasteiger partial charge in [-0.25, -0.2) is 0 Å². The van der Waals surface area contributed by atoms with Crippen LogP contribution < -0.4 is 9.47 Å². The van der Waals surface area contributed by atoms with Crippen LogP contribution in [0.15, 0.2) is 16.6 Å². The standard InChI is InChI=1S/C15H19BrO4/c16-12-8-11(14(17)10-2-6-18-7-3-10)9-13-15(12)20-5-1-4-19-13/h8-10,14,17H,1-7H2. The molecule has 5 heteroatoms. The molecule has 1 atom stereocenters. The van der Waals surface area contributed by atoms with Gasteiger partial charge in [0, 0.05) is 19.6 Å². The SMILES string of the molecule is OC(c1cc(Br)c2c(c1)OCCCO2)C1CCOCC1. The van der Waals surface area contributed by atoms with Crippen LogP contribution in [0.2, 0.25) is 0 Å². The largest absolute Gasteiger partial charge is 0.490 e. The fourth-order valence-electron chi connectivity index (χ4n) is 2.73. The Kier molecular flexibility index (Phi) is 4.48. The molecule has 110 valence electrons. The van der Waals surface area contributed by atoms with Gasteiger partial charge in [-0.2, -0.15) is 0 Å². The maximum atomic E-state index is 10.6. The van der Waals surface area contributed by atoms with Crippen LogP contribution >= 0.6 is 15.9 Å². The van der Waals surface area contributed by atoms with Crippen LogP contribution in [0, 0.1) is 5.92 Å². The van der Waals surface area contributed by atoms with Crippen LogP contribution in [0.4, 0.5) is 0 Å². The predicted molar refractivity (Wildman–Crippen MR) is 78.3 cm³/mol. The van der Waals surface area contributed by atoms with Gasteiger partial charge >= 0.3 is 0 Å². The van der Waals surface area contributed by atoms with Gasteiger partial charge in [-0.15, -0.1) is 0 Å². The summed E-state index contributed by atoms with van der Waals surface area (Å²) in [5.74, 6) is 1.71. The first-order chi connectivity index (χ1) is 9.75. The van der Waals surface area contributed by atoms with Crippen LogP contribution in [0.3, 0.4) is 0 Å². The number of fused-ring (bicyclic) bond motifs is 1. The fraction of sp³-hybridized carbons (Fsp3) is 0.600. The van der Waals surface area contributed by atoms with Crippen molar-refractivity contribution < 1.29 is 19.3 Å². The number of halogens is 1. The molecular weight excluding hydrogens is 324 g/mol. The minimum atomic E-state index is -0.479. The molecule has 1 fully saturated rings. The van der Waals surface area contributed by atoms with Crippen molar-refractivity contribution in [2.75, 3.05) is 26.4 Å². The Balaban J connectivity index is 1.86. The molecule has 1 aromatic rings. The van der Waals surface area contributed by atoms with Gasteiger partial charge in [0.15, 0.2) is 11.5 Å². The van der Waals surface area contributed by atoms with Gasteiger partial charge in [-0.3, -0.25) is 0 Å². The number of aliphatic hydroxyl groups excluding tert-OH is 1. The lowest BCUT2D eigenvalue weighted by molar-refractivity contribution is 0.00707. The van der Waals surface area contributed by atoms with Crippen LogP contribution in [0.5, 0.6) is 11.5 Å². The van der Waals surface area contributed by atoms with Crippen molar-refractivity contribution in [1.29, 1.82) is 0 Å². The highest BCUT2D eigenvalue weighted by Gasteiger charge is 2.26. The van der Waals surface area contributed by atoms with E-state index in [0.29, 0.717) is 13.2 Å². The molecule has 0 aliphatic carbocycles. The van der Waals surface area contributed by atoms with E-state index < -0.39 is 6.10 Å². The van der Waals surface area contributed by atoms with Gasteiger partial charge in [0.1, 0.15) is 0 Å². The van der Waals surface area contributed by atoms with Crippen molar-refractivity contribution in [2.45, 2.75) is 25.4 Å². The Labute approximate surface area is 127 Å². The number of ether oxygens (including phenoxy) is 3. The minimum absolute atomic E-state index is 0.250. The topological polar surface area (TPSA) is 47.9 Å². The Morgan fingerprint density at radius 1 is 1.10 bits per heavy atom. The summed E-state index contributed by atoms with van der Waals surface area (Å²) in [4.78, 5) is 0. The zero-order chi connectivity index (χ0) is 13.9. The first kappa shape index (κ1) is 14.2. The molecular formula is C15H19BrO4. The molecule has 2 heterocycles. The van der Waals surface area contributed by atoms with E-state index in [0.717, 1.165) is 54.0 Å². The zero-order valence-corrected chi connectivity index (χ0v) is 12.9. The van der Waals surface area contributed by atoms with Gasteiger partial charge in [0.2, 0.25) is 0 Å². The van der Waals surface area contributed by atoms with Crippen LogP contribution in [0.25, 0.3) is 0 Å². The smallest absolute Gasteiger partial charge is 0.175 e. The predicted octanol–water partition coefficient (Wildman–Crippen LogP) is 3.07. The number of hydrogen-bond donors (Lipinski definition) is 1. The normalized spacial score (nSPS) is 21.3. The summed E-state index contributed by atoms with van der Waals surface area (Å²) in [5, 5.41) is 10.6. The lowest BCUT2D eigenvalue weighted by Gasteiger charge is -2.27. The highest BCUT2D eigenvalue weighted by atomic mass is 79.9. The highest BCUT2D eigenvalue weighted by molar-refractivity contribution is 9.10. The Bertz CT molecular complexity index is 471. The molecule has 2 aliphatic rings. The molecule has 0 amide bonds. The Morgan fingerprint density at radius 3 is 2.65 bits per heavy atom. The summed E-state index contributed by atoms with van der Waals surface area (Å²) >= 11 is 3.52. The number of hydrogen-bond acceptors (Lipinski definition) is 4. The molecule has 1 aromatic carbocycles. The second kappa shape index (κ2) is 6.33. The maximum Gasteiger partial charge on any atom is 0.175 e. The average molecular weight is 343 g/mol. The molecule has 0 bridgehead atoms. The van der Waals surface area contributed by atoms with Crippen molar-refractivity contribution in [3.63, 3.8) is 0 Å². The Hall–Kier alpha value is -0.780. The van der Waals surface area contributed by atoms with E-state index in [9.17, 15) is 5.11 Å². The molecule has 0 saturated carbocycles. The summed E-state index contributed by atoms with van der Waals surface area (Å²) in [6.07, 6.45) is 2.19. The van der Waals surface area contributed by atoms with E-state index in [1.165, 1.54) is 0 Å². The molecule has 0 radical (unpaired) electrons. The van der Waals surface area contributed by atoms with E-state index in [1.54, 1.807) is 0 Å². The monoisotopic (exact) mass is 342 g/mol. The van der Waals surface area contributed by atoms with Crippen LogP contribution in [-0.4, -0.2) is 31.5 Å². The van der Waals surface area contributed by atoms with Crippen molar-refractivity contribution in [1.82, 2.24) is 0 Å². The summed E-state index contributed by atoms with van der Waals surface area (Å²) < 4.78 is 17.6. The molecule has 1 N–H and O–H groups in total. The minimum Gasteiger partial charge on any atom is -0.490 e. The van der Waals surface area contributed by atoms with E-state index in [1.807, 2.05) is 12.1 Å². The third kappa shape index (κ3) is 2.95. The average Bonchev–Trinajstić information content (AvgIpc) is 2.73. The van der Waals surface area contributed by atoms with Crippen molar-refractivity contribution in [3.8, 4) is 11.5 Å². The first-order valence-electron chi connectivity index (χ1n) is 7.10. The number of benzene rings is 1. The summed E-state index contributed by atoms with van der Waals surface area (Å²) in [5.41, 5.74) is 0.882.